The van der Waals surface area contributed by atoms with Gasteiger partial charge in [0.1, 0.15) is 34.5 Å². The Bertz CT molecular complexity index is 2260. The lowest BCUT2D eigenvalue weighted by Gasteiger charge is -2.11. The minimum Gasteiger partial charge on any atom is -0.494 e. The predicted molar refractivity (Wildman–Crippen MR) is 232 cm³/mol. The standard InChI is InChI=1S/C50H50O12/c1-4-6-7-10-31-56-40-21-13-36(14-22-40)48(53)60-43-27-19-39(20-28-43)50(55)62-45-30-29-44(34-35(45)3)61-49(54)38-17-25-42(26-18-38)59-47(52)37-15-23-41(24-16-37)57-32-11-8-9-12-33-58-46(51)5-2/h5,13-30,34H,2,4,6-12,31-33H2,1,3H3. The van der Waals surface area contributed by atoms with E-state index in [1.807, 2.05) is 0 Å². The minimum absolute atomic E-state index is 0.223. The van der Waals surface area contributed by atoms with Crippen molar-refractivity contribution in [3.63, 3.8) is 0 Å². The van der Waals surface area contributed by atoms with Gasteiger partial charge in [-0.2, -0.15) is 0 Å². The van der Waals surface area contributed by atoms with Crippen LogP contribution in [-0.2, 0) is 9.53 Å². The van der Waals surface area contributed by atoms with Crippen molar-refractivity contribution in [1.82, 2.24) is 0 Å². The SMILES string of the molecule is C=CC(=O)OCCCCCCOc1ccc(C(=O)Oc2ccc(C(=O)Oc3ccc(OC(=O)c4ccc(OC(=O)c5ccc(OCCCCCC)cc5)cc4)c(C)c3)cc2)cc1. The third-order valence-electron chi connectivity index (χ3n) is 9.33. The fraction of sp³-hybridized carbons (Fsp3) is 0.260. The molecule has 62 heavy (non-hydrogen) atoms. The largest absolute Gasteiger partial charge is 0.494 e. The van der Waals surface area contributed by atoms with Crippen molar-refractivity contribution >= 4 is 29.8 Å². The third kappa shape index (κ3) is 14.8. The molecule has 12 nitrogen and oxygen atoms in total. The minimum atomic E-state index is -0.642. The normalized spacial score (nSPS) is 10.5. The molecule has 322 valence electrons. The van der Waals surface area contributed by atoms with Crippen LogP contribution in [0.4, 0.5) is 0 Å². The molecule has 0 saturated heterocycles. The molecular formula is C50H50O12. The lowest BCUT2D eigenvalue weighted by Crippen LogP contribution is -2.11. The van der Waals surface area contributed by atoms with Crippen LogP contribution < -0.4 is 28.4 Å². The Morgan fingerprint density at radius 2 is 0.823 bits per heavy atom. The van der Waals surface area contributed by atoms with Crippen LogP contribution in [0.1, 0.15) is 105 Å². The summed E-state index contributed by atoms with van der Waals surface area (Å²) in [4.78, 5) is 62.3. The predicted octanol–water partition coefficient (Wildman–Crippen LogP) is 10.5. The molecule has 0 heterocycles. The van der Waals surface area contributed by atoms with Crippen LogP contribution in [-0.4, -0.2) is 49.7 Å². The molecule has 0 radical (unpaired) electrons. The Labute approximate surface area is 361 Å². The van der Waals surface area contributed by atoms with E-state index in [1.54, 1.807) is 61.5 Å². The summed E-state index contributed by atoms with van der Waals surface area (Å²) >= 11 is 0. The van der Waals surface area contributed by atoms with Gasteiger partial charge in [0.05, 0.1) is 42.1 Å². The summed E-state index contributed by atoms with van der Waals surface area (Å²) in [7, 11) is 0. The molecule has 0 bridgehead atoms. The van der Waals surface area contributed by atoms with E-state index in [1.165, 1.54) is 67.1 Å². The molecule has 0 aromatic heterocycles. The number of rotatable bonds is 23. The summed E-state index contributed by atoms with van der Waals surface area (Å²) < 4.78 is 38.5. The lowest BCUT2D eigenvalue weighted by molar-refractivity contribution is -0.137. The monoisotopic (exact) mass is 842 g/mol. The summed E-state index contributed by atoms with van der Waals surface area (Å²) in [6.07, 6.45) is 9.02. The quantitative estimate of drug-likeness (QED) is 0.0266. The first kappa shape index (κ1) is 45.9. The highest BCUT2D eigenvalue weighted by atomic mass is 16.6. The molecule has 0 N–H and O–H groups in total. The second kappa shape index (κ2) is 24.1. The number of hydrogen-bond donors (Lipinski definition) is 0. The van der Waals surface area contributed by atoms with E-state index in [4.69, 9.17) is 33.2 Å². The van der Waals surface area contributed by atoms with Crippen molar-refractivity contribution in [2.75, 3.05) is 19.8 Å². The Kier molecular flexibility index (Phi) is 17.9. The molecule has 0 saturated carbocycles. The number of esters is 5. The van der Waals surface area contributed by atoms with Crippen molar-refractivity contribution in [2.45, 2.75) is 65.2 Å². The molecule has 0 aliphatic heterocycles. The van der Waals surface area contributed by atoms with Gasteiger partial charge in [0.2, 0.25) is 0 Å². The van der Waals surface area contributed by atoms with E-state index in [-0.39, 0.29) is 34.1 Å². The zero-order chi connectivity index (χ0) is 44.1. The van der Waals surface area contributed by atoms with Gasteiger partial charge in [-0.25, -0.2) is 24.0 Å². The zero-order valence-corrected chi connectivity index (χ0v) is 34.9. The number of benzene rings is 5. The molecule has 0 aliphatic rings. The van der Waals surface area contributed by atoms with Crippen molar-refractivity contribution in [2.24, 2.45) is 0 Å². The molecule has 0 spiro atoms. The first-order chi connectivity index (χ1) is 30.1. The second-order valence-electron chi connectivity index (χ2n) is 14.1. The van der Waals surface area contributed by atoms with Crippen LogP contribution in [0.3, 0.4) is 0 Å². The fourth-order valence-electron chi connectivity index (χ4n) is 5.85. The van der Waals surface area contributed by atoms with Crippen LogP contribution in [0.5, 0.6) is 34.5 Å². The van der Waals surface area contributed by atoms with Crippen LogP contribution in [0.25, 0.3) is 0 Å². The van der Waals surface area contributed by atoms with Gasteiger partial charge in [0, 0.05) is 6.08 Å². The van der Waals surface area contributed by atoms with Gasteiger partial charge in [-0.15, -0.1) is 0 Å². The number of aryl methyl sites for hydroxylation is 1. The zero-order valence-electron chi connectivity index (χ0n) is 34.9. The molecule has 0 aliphatic carbocycles. The maximum Gasteiger partial charge on any atom is 0.343 e. The van der Waals surface area contributed by atoms with E-state index in [9.17, 15) is 24.0 Å². The van der Waals surface area contributed by atoms with Crippen LogP contribution in [0.15, 0.2) is 128 Å². The van der Waals surface area contributed by atoms with E-state index < -0.39 is 29.8 Å². The number of carbonyl (C=O) groups is 5. The summed E-state index contributed by atoms with van der Waals surface area (Å²) in [5.74, 6) is -0.502. The van der Waals surface area contributed by atoms with Gasteiger partial charge in [0.15, 0.2) is 0 Å². The Balaban J connectivity index is 1.02. The highest BCUT2D eigenvalue weighted by Gasteiger charge is 2.16. The van der Waals surface area contributed by atoms with Crippen LogP contribution >= 0.6 is 0 Å². The average molecular weight is 843 g/mol. The molecule has 5 rings (SSSR count). The smallest absolute Gasteiger partial charge is 0.343 e. The second-order valence-corrected chi connectivity index (χ2v) is 14.1. The van der Waals surface area contributed by atoms with Crippen LogP contribution in [0, 0.1) is 6.92 Å². The van der Waals surface area contributed by atoms with Crippen LogP contribution in [0.2, 0.25) is 0 Å². The van der Waals surface area contributed by atoms with Crippen molar-refractivity contribution in [1.29, 1.82) is 0 Å². The van der Waals surface area contributed by atoms with E-state index >= 15 is 0 Å². The topological polar surface area (TPSA) is 150 Å². The number of carbonyl (C=O) groups excluding carboxylic acids is 5. The van der Waals surface area contributed by atoms with Crippen molar-refractivity contribution < 1.29 is 57.1 Å². The molecule has 5 aromatic carbocycles. The number of unbranched alkanes of at least 4 members (excludes halogenated alkanes) is 6. The molecule has 0 atom stereocenters. The highest BCUT2D eigenvalue weighted by Crippen LogP contribution is 2.26. The van der Waals surface area contributed by atoms with Gasteiger partial charge >= 0.3 is 29.8 Å². The third-order valence-corrected chi connectivity index (χ3v) is 9.33. The number of ether oxygens (including phenoxy) is 7. The highest BCUT2D eigenvalue weighted by molar-refractivity contribution is 5.94. The van der Waals surface area contributed by atoms with Gasteiger partial charge < -0.3 is 33.2 Å². The lowest BCUT2D eigenvalue weighted by atomic mass is 10.2. The molecule has 12 heteroatoms. The fourth-order valence-corrected chi connectivity index (χ4v) is 5.85. The van der Waals surface area contributed by atoms with Gasteiger partial charge in [-0.1, -0.05) is 32.8 Å². The summed E-state index contributed by atoms with van der Waals surface area (Å²) in [6, 6.07) is 29.9. The van der Waals surface area contributed by atoms with Crippen molar-refractivity contribution in [3.05, 3.63) is 156 Å². The average Bonchev–Trinajstić information content (AvgIpc) is 3.28. The molecule has 0 unspecified atom stereocenters. The van der Waals surface area contributed by atoms with Gasteiger partial charge in [-0.3, -0.25) is 0 Å². The van der Waals surface area contributed by atoms with E-state index in [2.05, 4.69) is 13.5 Å². The molecule has 5 aromatic rings. The molecule has 0 fully saturated rings. The van der Waals surface area contributed by atoms with E-state index in [0.29, 0.717) is 48.0 Å². The van der Waals surface area contributed by atoms with E-state index in [0.717, 1.165) is 51.0 Å². The van der Waals surface area contributed by atoms with Gasteiger partial charge in [0.25, 0.3) is 0 Å². The molecule has 0 amide bonds. The first-order valence-electron chi connectivity index (χ1n) is 20.6. The Morgan fingerprint density at radius 3 is 1.24 bits per heavy atom. The summed E-state index contributed by atoms with van der Waals surface area (Å²) in [5, 5.41) is 0. The maximum atomic E-state index is 12.9. The van der Waals surface area contributed by atoms with Crippen molar-refractivity contribution in [3.8, 4) is 34.5 Å². The summed E-state index contributed by atoms with van der Waals surface area (Å²) in [5.41, 5.74) is 1.69. The van der Waals surface area contributed by atoms with Gasteiger partial charge in [-0.05, 0) is 160 Å². The molecular weight excluding hydrogens is 793 g/mol. The maximum absolute atomic E-state index is 12.9. The Morgan fingerprint density at radius 1 is 0.452 bits per heavy atom. The first-order valence-corrected chi connectivity index (χ1v) is 20.6. The summed E-state index contributed by atoms with van der Waals surface area (Å²) in [6.45, 7) is 8.73. The number of hydrogen-bond acceptors (Lipinski definition) is 12. The Hall–Kier alpha value is -7.21.